The highest BCUT2D eigenvalue weighted by Crippen LogP contribution is 2.28. The zero-order chi connectivity index (χ0) is 13.2. The molecule has 1 aromatic rings. The van der Waals surface area contributed by atoms with Crippen molar-refractivity contribution in [3.8, 4) is 0 Å². The van der Waals surface area contributed by atoms with E-state index in [1.54, 1.807) is 13.8 Å². The Labute approximate surface area is 96.5 Å². The molecule has 1 aromatic heterocycles. The smallest absolute Gasteiger partial charge is 0.391 e. The van der Waals surface area contributed by atoms with Crippen LogP contribution in [0.1, 0.15) is 19.5 Å². The van der Waals surface area contributed by atoms with Gasteiger partial charge in [0.1, 0.15) is 5.69 Å². The van der Waals surface area contributed by atoms with Crippen LogP contribution in [0.5, 0.6) is 0 Å². The molecule has 0 bridgehead atoms. The Hall–Kier alpha value is -1.30. The lowest BCUT2D eigenvalue weighted by molar-refractivity contribution is -0.144. The van der Waals surface area contributed by atoms with Crippen LogP contribution in [0.25, 0.3) is 0 Å². The number of nitrogens with zero attached hydrogens (tertiary/aromatic N) is 1. The van der Waals surface area contributed by atoms with Gasteiger partial charge in [-0.3, -0.25) is 4.79 Å². The Morgan fingerprint density at radius 1 is 1.35 bits per heavy atom. The van der Waals surface area contributed by atoms with Gasteiger partial charge in [0.25, 0.3) is 5.56 Å². The second-order valence-electron chi connectivity index (χ2n) is 4.17. The molecule has 1 rings (SSSR count). The quantitative estimate of drug-likeness (QED) is 0.888. The first-order valence-electron chi connectivity index (χ1n) is 5.18. The topological polar surface area (TPSA) is 42.2 Å². The zero-order valence-electron chi connectivity index (χ0n) is 9.53. The van der Waals surface area contributed by atoms with Gasteiger partial charge in [0.15, 0.2) is 0 Å². The van der Waals surface area contributed by atoms with Crippen molar-refractivity contribution in [2.45, 2.75) is 32.7 Å². The summed E-state index contributed by atoms with van der Waals surface area (Å²) in [6.45, 7) is 2.99. The number of hydrogen-bond acceptors (Lipinski definition) is 2. The number of aliphatic hydroxyl groups is 1. The maximum atomic E-state index is 12.6. The van der Waals surface area contributed by atoms with Crippen LogP contribution in [0, 0.1) is 5.92 Å². The predicted octanol–water partition coefficient (Wildman–Crippen LogP) is 1.88. The summed E-state index contributed by atoms with van der Waals surface area (Å²) in [4.78, 5) is 11.4. The molecule has 0 aliphatic rings. The third-order valence-electron chi connectivity index (χ3n) is 2.48. The summed E-state index contributed by atoms with van der Waals surface area (Å²) in [6, 6.07) is 2.93. The van der Waals surface area contributed by atoms with Crippen molar-refractivity contribution >= 4 is 0 Å². The van der Waals surface area contributed by atoms with Gasteiger partial charge in [-0.2, -0.15) is 13.2 Å². The van der Waals surface area contributed by atoms with E-state index in [1.165, 1.54) is 0 Å². The fourth-order valence-corrected chi connectivity index (χ4v) is 1.35. The minimum Gasteiger partial charge on any atom is -0.391 e. The first-order chi connectivity index (χ1) is 7.73. The molecule has 0 saturated carbocycles. The molecule has 96 valence electrons. The van der Waals surface area contributed by atoms with Gasteiger partial charge >= 0.3 is 6.18 Å². The van der Waals surface area contributed by atoms with E-state index in [4.69, 9.17) is 0 Å². The summed E-state index contributed by atoms with van der Waals surface area (Å²) >= 11 is 0. The molecule has 3 nitrogen and oxygen atoms in total. The van der Waals surface area contributed by atoms with Gasteiger partial charge in [0.05, 0.1) is 12.6 Å². The van der Waals surface area contributed by atoms with Gasteiger partial charge in [0, 0.05) is 6.07 Å². The Morgan fingerprint density at radius 3 is 2.41 bits per heavy atom. The molecule has 1 heterocycles. The van der Waals surface area contributed by atoms with Gasteiger partial charge in [-0.25, -0.2) is 0 Å². The van der Waals surface area contributed by atoms with E-state index in [-0.39, 0.29) is 12.5 Å². The first-order valence-corrected chi connectivity index (χ1v) is 5.18. The average Bonchev–Trinajstić information content (AvgIpc) is 2.18. The Bertz CT molecular complexity index is 437. The van der Waals surface area contributed by atoms with Crippen LogP contribution in [0.2, 0.25) is 0 Å². The molecule has 0 saturated heterocycles. The fraction of sp³-hybridized carbons (Fsp3) is 0.545. The van der Waals surface area contributed by atoms with E-state index in [2.05, 4.69) is 0 Å². The van der Waals surface area contributed by atoms with Crippen LogP contribution in [-0.4, -0.2) is 15.8 Å². The predicted molar refractivity (Wildman–Crippen MR) is 56.5 cm³/mol. The SMILES string of the molecule is CC(C)C(O)Cn1c(C(F)(F)F)cccc1=O. The maximum Gasteiger partial charge on any atom is 0.431 e. The van der Waals surface area contributed by atoms with Crippen LogP contribution >= 0.6 is 0 Å². The van der Waals surface area contributed by atoms with Crippen molar-refractivity contribution in [3.05, 3.63) is 34.2 Å². The third-order valence-corrected chi connectivity index (χ3v) is 2.48. The highest BCUT2D eigenvalue weighted by molar-refractivity contribution is 5.10. The molecule has 0 aliphatic heterocycles. The average molecular weight is 249 g/mol. The van der Waals surface area contributed by atoms with Crippen molar-refractivity contribution in [1.29, 1.82) is 0 Å². The van der Waals surface area contributed by atoms with Gasteiger partial charge < -0.3 is 9.67 Å². The second-order valence-corrected chi connectivity index (χ2v) is 4.17. The molecule has 0 fully saturated rings. The molecule has 1 atom stereocenters. The third kappa shape index (κ3) is 3.33. The maximum absolute atomic E-state index is 12.6. The highest BCUT2D eigenvalue weighted by Gasteiger charge is 2.34. The second kappa shape index (κ2) is 4.91. The largest absolute Gasteiger partial charge is 0.431 e. The summed E-state index contributed by atoms with van der Waals surface area (Å²) in [7, 11) is 0. The normalized spacial score (nSPS) is 14.1. The lowest BCUT2D eigenvalue weighted by atomic mass is 10.1. The van der Waals surface area contributed by atoms with Crippen LogP contribution in [-0.2, 0) is 12.7 Å². The number of pyridine rings is 1. The van der Waals surface area contributed by atoms with Crippen molar-refractivity contribution in [2.75, 3.05) is 0 Å². The number of alkyl halides is 3. The molecule has 1 N–H and O–H groups in total. The molecule has 0 radical (unpaired) electrons. The van der Waals surface area contributed by atoms with Crippen LogP contribution in [0.15, 0.2) is 23.0 Å². The van der Waals surface area contributed by atoms with Crippen molar-refractivity contribution in [2.24, 2.45) is 5.92 Å². The monoisotopic (exact) mass is 249 g/mol. The molecule has 0 spiro atoms. The minimum atomic E-state index is -4.60. The molecule has 0 amide bonds. The number of aromatic nitrogens is 1. The summed E-state index contributed by atoms with van der Waals surface area (Å²) in [5, 5.41) is 9.57. The number of rotatable bonds is 3. The summed E-state index contributed by atoms with van der Waals surface area (Å²) in [5.41, 5.74) is -1.80. The van der Waals surface area contributed by atoms with E-state index < -0.39 is 23.5 Å². The van der Waals surface area contributed by atoms with E-state index in [9.17, 15) is 23.1 Å². The van der Waals surface area contributed by atoms with E-state index in [1.807, 2.05) is 0 Å². The van der Waals surface area contributed by atoms with Gasteiger partial charge in [-0.15, -0.1) is 0 Å². The summed E-state index contributed by atoms with van der Waals surface area (Å²) in [6.07, 6.45) is -5.59. The number of hydrogen-bond donors (Lipinski definition) is 1. The Morgan fingerprint density at radius 2 is 1.94 bits per heavy atom. The first kappa shape index (κ1) is 13.8. The van der Waals surface area contributed by atoms with Crippen LogP contribution in [0.3, 0.4) is 0 Å². The molecule has 6 heteroatoms. The molecular formula is C11H14F3NO2. The Balaban J connectivity index is 3.18. The standard InChI is InChI=1S/C11H14F3NO2/c1-7(2)8(16)6-15-9(11(12,13)14)4-3-5-10(15)17/h3-5,7-8,16H,6H2,1-2H3. The molecule has 0 aromatic carbocycles. The fourth-order valence-electron chi connectivity index (χ4n) is 1.35. The molecular weight excluding hydrogens is 235 g/mol. The molecule has 0 aliphatic carbocycles. The van der Waals surface area contributed by atoms with Gasteiger partial charge in [-0.05, 0) is 12.0 Å². The minimum absolute atomic E-state index is 0.219. The lowest BCUT2D eigenvalue weighted by Crippen LogP contribution is -2.33. The van der Waals surface area contributed by atoms with E-state index >= 15 is 0 Å². The number of aliphatic hydroxyl groups excluding tert-OH is 1. The van der Waals surface area contributed by atoms with E-state index in [0.29, 0.717) is 4.57 Å². The van der Waals surface area contributed by atoms with Crippen molar-refractivity contribution in [1.82, 2.24) is 4.57 Å². The molecule has 1 unspecified atom stereocenters. The van der Waals surface area contributed by atoms with Gasteiger partial charge in [-0.1, -0.05) is 19.9 Å². The summed E-state index contributed by atoms with van der Waals surface area (Å²) < 4.78 is 38.5. The lowest BCUT2D eigenvalue weighted by Gasteiger charge is -2.19. The molecule has 17 heavy (non-hydrogen) atoms. The van der Waals surface area contributed by atoms with Crippen LogP contribution in [0.4, 0.5) is 13.2 Å². The Kier molecular flexibility index (Phi) is 3.98. The zero-order valence-corrected chi connectivity index (χ0v) is 9.53. The highest BCUT2D eigenvalue weighted by atomic mass is 19.4. The van der Waals surface area contributed by atoms with Crippen LogP contribution < -0.4 is 5.56 Å². The van der Waals surface area contributed by atoms with E-state index in [0.717, 1.165) is 18.2 Å². The summed E-state index contributed by atoms with van der Waals surface area (Å²) in [5.74, 6) is -0.219. The number of halogens is 3. The van der Waals surface area contributed by atoms with Crippen molar-refractivity contribution in [3.63, 3.8) is 0 Å². The van der Waals surface area contributed by atoms with Gasteiger partial charge in [0.2, 0.25) is 0 Å². The van der Waals surface area contributed by atoms with Crippen molar-refractivity contribution < 1.29 is 18.3 Å².